The number of ether oxygens (including phenoxy) is 2. The fraction of sp³-hybridized carbons (Fsp3) is 0.263. The summed E-state index contributed by atoms with van der Waals surface area (Å²) in [4.78, 5) is 17.1. The van der Waals surface area contributed by atoms with Gasteiger partial charge in [0.1, 0.15) is 0 Å². The summed E-state index contributed by atoms with van der Waals surface area (Å²) in [7, 11) is 3.23. The van der Waals surface area contributed by atoms with Gasteiger partial charge in [-0.1, -0.05) is 28.1 Å². The Labute approximate surface area is 149 Å². The number of carbonyl (C=O) groups is 1. The van der Waals surface area contributed by atoms with E-state index in [2.05, 4.69) is 20.9 Å². The van der Waals surface area contributed by atoms with Crippen molar-refractivity contribution in [3.63, 3.8) is 0 Å². The molecule has 24 heavy (non-hydrogen) atoms. The number of benzene rings is 2. The van der Waals surface area contributed by atoms with Gasteiger partial charge in [0.2, 0.25) is 0 Å². The van der Waals surface area contributed by atoms with Gasteiger partial charge >= 0.3 is 0 Å². The van der Waals surface area contributed by atoms with Crippen molar-refractivity contribution < 1.29 is 14.3 Å². The van der Waals surface area contributed by atoms with E-state index in [1.807, 2.05) is 36.4 Å². The van der Waals surface area contributed by atoms with Crippen molar-refractivity contribution >= 4 is 27.4 Å². The molecule has 3 rings (SSSR count). The highest BCUT2D eigenvalue weighted by Gasteiger charge is 2.21. The van der Waals surface area contributed by atoms with E-state index in [1.54, 1.807) is 14.2 Å². The highest BCUT2D eigenvalue weighted by molar-refractivity contribution is 9.10. The number of nitrogens with zero attached hydrogens (tertiary/aromatic N) is 1. The molecule has 0 fully saturated rings. The molecule has 0 aromatic heterocycles. The molecule has 0 aliphatic carbocycles. The predicted octanol–water partition coefficient (Wildman–Crippen LogP) is 4.08. The third-order valence-electron chi connectivity index (χ3n) is 4.10. The topological polar surface area (TPSA) is 47.9 Å². The first-order valence-electron chi connectivity index (χ1n) is 7.69. The van der Waals surface area contributed by atoms with Crippen LogP contribution < -0.4 is 9.47 Å². The van der Waals surface area contributed by atoms with Crippen LogP contribution >= 0.6 is 15.9 Å². The van der Waals surface area contributed by atoms with Gasteiger partial charge in [-0.25, -0.2) is 0 Å². The smallest absolute Gasteiger partial charge is 0.168 e. The number of hydrogen-bond acceptors (Lipinski definition) is 4. The molecular formula is C19H18BrNO3. The lowest BCUT2D eigenvalue weighted by Crippen LogP contribution is -2.17. The Hall–Kier alpha value is -2.14. The van der Waals surface area contributed by atoms with Gasteiger partial charge in [-0.2, -0.15) is 0 Å². The number of aliphatic imine (C=N–C) groups is 1. The minimum atomic E-state index is 0.0592. The molecule has 5 heteroatoms. The molecule has 1 heterocycles. The molecule has 0 N–H and O–H groups in total. The monoisotopic (exact) mass is 387 g/mol. The number of ketones is 1. The van der Waals surface area contributed by atoms with Crippen LogP contribution in [0.1, 0.15) is 27.9 Å². The molecule has 2 aromatic rings. The third-order valence-corrected chi connectivity index (χ3v) is 4.63. The molecule has 0 amide bonds. The van der Waals surface area contributed by atoms with Crippen LogP contribution in [0.25, 0.3) is 0 Å². The number of halogens is 1. The lowest BCUT2D eigenvalue weighted by molar-refractivity contribution is 0.100. The average molecular weight is 388 g/mol. The van der Waals surface area contributed by atoms with Crippen LogP contribution in [-0.4, -0.2) is 32.3 Å². The second-order valence-corrected chi connectivity index (χ2v) is 6.47. The fourth-order valence-electron chi connectivity index (χ4n) is 2.83. The highest BCUT2D eigenvalue weighted by atomic mass is 79.9. The second-order valence-electron chi connectivity index (χ2n) is 5.55. The summed E-state index contributed by atoms with van der Waals surface area (Å²) in [6.45, 7) is 0.686. The van der Waals surface area contributed by atoms with E-state index < -0.39 is 0 Å². The molecule has 4 nitrogen and oxygen atoms in total. The predicted molar refractivity (Wildman–Crippen MR) is 97.7 cm³/mol. The maximum absolute atomic E-state index is 12.6. The van der Waals surface area contributed by atoms with Gasteiger partial charge in [-0.15, -0.1) is 0 Å². The van der Waals surface area contributed by atoms with Crippen molar-refractivity contribution in [1.29, 1.82) is 0 Å². The zero-order chi connectivity index (χ0) is 17.1. The summed E-state index contributed by atoms with van der Waals surface area (Å²) >= 11 is 3.38. The van der Waals surface area contributed by atoms with Gasteiger partial charge in [0, 0.05) is 22.1 Å². The Morgan fingerprint density at radius 2 is 1.79 bits per heavy atom. The van der Waals surface area contributed by atoms with E-state index in [1.165, 1.54) is 0 Å². The summed E-state index contributed by atoms with van der Waals surface area (Å²) in [5.41, 5.74) is 3.62. The Morgan fingerprint density at radius 1 is 1.12 bits per heavy atom. The van der Waals surface area contributed by atoms with E-state index in [0.717, 1.165) is 27.7 Å². The number of rotatable bonds is 5. The quantitative estimate of drug-likeness (QED) is 0.726. The summed E-state index contributed by atoms with van der Waals surface area (Å²) < 4.78 is 11.7. The molecular weight excluding hydrogens is 370 g/mol. The largest absolute Gasteiger partial charge is 0.493 e. The van der Waals surface area contributed by atoms with Crippen molar-refractivity contribution in [2.75, 3.05) is 20.8 Å². The molecule has 124 valence electrons. The van der Waals surface area contributed by atoms with Crippen LogP contribution in [0.2, 0.25) is 0 Å². The van der Waals surface area contributed by atoms with Gasteiger partial charge in [0.25, 0.3) is 0 Å². The number of fused-ring (bicyclic) bond motifs is 1. The van der Waals surface area contributed by atoms with E-state index in [-0.39, 0.29) is 12.2 Å². The molecule has 2 aromatic carbocycles. The minimum absolute atomic E-state index is 0.0592. The van der Waals surface area contributed by atoms with Crippen LogP contribution in [0.15, 0.2) is 45.9 Å². The highest BCUT2D eigenvalue weighted by Crippen LogP contribution is 2.33. The molecule has 0 saturated carbocycles. The SMILES string of the molecule is COc1cc2c(cc1OC)C(CC(=O)c1ccc(Br)cc1)=NCC2. The molecule has 0 radical (unpaired) electrons. The van der Waals surface area contributed by atoms with Crippen molar-refractivity contribution in [2.24, 2.45) is 4.99 Å². The van der Waals surface area contributed by atoms with Gasteiger partial charge in [0.15, 0.2) is 17.3 Å². The van der Waals surface area contributed by atoms with Crippen molar-refractivity contribution in [1.82, 2.24) is 0 Å². The number of Topliss-reactive ketones (excluding diaryl/α,β-unsaturated/α-hetero) is 1. The Balaban J connectivity index is 1.89. The van der Waals surface area contributed by atoms with Crippen molar-refractivity contribution in [3.05, 3.63) is 57.6 Å². The maximum Gasteiger partial charge on any atom is 0.168 e. The van der Waals surface area contributed by atoms with Gasteiger partial charge in [0.05, 0.1) is 26.4 Å². The third kappa shape index (κ3) is 3.36. The van der Waals surface area contributed by atoms with E-state index in [0.29, 0.717) is 23.6 Å². The van der Waals surface area contributed by atoms with E-state index in [9.17, 15) is 4.79 Å². The van der Waals surface area contributed by atoms with Crippen molar-refractivity contribution in [2.45, 2.75) is 12.8 Å². The van der Waals surface area contributed by atoms with Crippen molar-refractivity contribution in [3.8, 4) is 11.5 Å². The average Bonchev–Trinajstić information content (AvgIpc) is 2.61. The van der Waals surface area contributed by atoms with E-state index >= 15 is 0 Å². The van der Waals surface area contributed by atoms with Gasteiger partial charge < -0.3 is 9.47 Å². The summed E-state index contributed by atoms with van der Waals surface area (Å²) in [5.74, 6) is 1.42. The summed E-state index contributed by atoms with van der Waals surface area (Å²) in [6.07, 6.45) is 1.12. The fourth-order valence-corrected chi connectivity index (χ4v) is 3.10. The van der Waals surface area contributed by atoms with Crippen LogP contribution in [0.4, 0.5) is 0 Å². The molecule has 1 aliphatic heterocycles. The minimum Gasteiger partial charge on any atom is -0.493 e. The molecule has 0 bridgehead atoms. The molecule has 1 aliphatic rings. The van der Waals surface area contributed by atoms with Crippen LogP contribution in [0.5, 0.6) is 11.5 Å². The Kier molecular flexibility index (Phi) is 5.00. The van der Waals surface area contributed by atoms with Crippen LogP contribution in [-0.2, 0) is 6.42 Å². The lowest BCUT2D eigenvalue weighted by atomic mass is 9.93. The normalized spacial score (nSPS) is 13.0. The summed E-state index contributed by atoms with van der Waals surface area (Å²) in [5, 5.41) is 0. The zero-order valence-electron chi connectivity index (χ0n) is 13.6. The number of methoxy groups -OCH3 is 2. The number of carbonyl (C=O) groups excluding carboxylic acids is 1. The van der Waals surface area contributed by atoms with Gasteiger partial charge in [-0.05, 0) is 36.2 Å². The molecule has 0 atom stereocenters. The maximum atomic E-state index is 12.6. The Bertz CT molecular complexity index is 797. The second kappa shape index (κ2) is 7.18. The first-order valence-corrected chi connectivity index (χ1v) is 8.49. The van der Waals surface area contributed by atoms with Gasteiger partial charge in [-0.3, -0.25) is 9.79 Å². The summed E-state index contributed by atoms with van der Waals surface area (Å²) in [6, 6.07) is 11.3. The molecule has 0 spiro atoms. The molecule has 0 unspecified atom stereocenters. The van der Waals surface area contributed by atoms with Crippen LogP contribution in [0, 0.1) is 0 Å². The first kappa shape index (κ1) is 16.7. The first-order chi connectivity index (χ1) is 11.6. The Morgan fingerprint density at radius 3 is 2.46 bits per heavy atom. The molecule has 0 saturated heterocycles. The lowest BCUT2D eigenvalue weighted by Gasteiger charge is -2.19. The van der Waals surface area contributed by atoms with Crippen LogP contribution in [0.3, 0.4) is 0 Å². The number of hydrogen-bond donors (Lipinski definition) is 0. The zero-order valence-corrected chi connectivity index (χ0v) is 15.2. The standard InChI is InChI=1S/C19H18BrNO3/c1-23-18-9-13-7-8-21-16(15(13)10-19(18)24-2)11-17(22)12-3-5-14(20)6-4-12/h3-6,9-10H,7-8,11H2,1-2H3. The van der Waals surface area contributed by atoms with E-state index in [4.69, 9.17) is 9.47 Å².